The van der Waals surface area contributed by atoms with E-state index in [-0.39, 0.29) is 24.0 Å². The SMILES string of the molecule is O=C(CC1C=CS(=O)(=O)C1)Nc1cccc(Cl)c1. The van der Waals surface area contributed by atoms with E-state index < -0.39 is 9.84 Å². The number of sulfone groups is 1. The molecule has 96 valence electrons. The Morgan fingerprint density at radius 1 is 1.44 bits per heavy atom. The second-order valence-electron chi connectivity index (χ2n) is 4.18. The molecule has 4 nitrogen and oxygen atoms in total. The minimum atomic E-state index is -3.10. The highest BCUT2D eigenvalue weighted by molar-refractivity contribution is 7.94. The molecule has 0 aliphatic carbocycles. The fourth-order valence-corrected chi connectivity index (χ4v) is 3.37. The number of halogens is 1. The highest BCUT2D eigenvalue weighted by Gasteiger charge is 2.23. The van der Waals surface area contributed by atoms with E-state index in [9.17, 15) is 13.2 Å². The van der Waals surface area contributed by atoms with Crippen LogP contribution in [0.15, 0.2) is 35.7 Å². The normalized spacial score (nSPS) is 20.8. The molecule has 0 saturated carbocycles. The van der Waals surface area contributed by atoms with E-state index in [2.05, 4.69) is 5.32 Å². The van der Waals surface area contributed by atoms with Crippen LogP contribution in [0.5, 0.6) is 0 Å². The quantitative estimate of drug-likeness (QED) is 0.926. The van der Waals surface area contributed by atoms with E-state index in [4.69, 9.17) is 11.6 Å². The summed E-state index contributed by atoms with van der Waals surface area (Å²) < 4.78 is 22.4. The number of amides is 1. The van der Waals surface area contributed by atoms with E-state index in [1.54, 1.807) is 30.3 Å². The lowest BCUT2D eigenvalue weighted by molar-refractivity contribution is -0.116. The number of carbonyl (C=O) groups excluding carboxylic acids is 1. The van der Waals surface area contributed by atoms with Crippen molar-refractivity contribution in [2.75, 3.05) is 11.1 Å². The number of hydrogen-bond donors (Lipinski definition) is 1. The molecule has 0 spiro atoms. The highest BCUT2D eigenvalue weighted by atomic mass is 35.5. The molecule has 1 aliphatic heterocycles. The lowest BCUT2D eigenvalue weighted by Crippen LogP contribution is -2.17. The van der Waals surface area contributed by atoms with Crippen LogP contribution in [0.2, 0.25) is 5.02 Å². The Balaban J connectivity index is 1.92. The maximum Gasteiger partial charge on any atom is 0.224 e. The first-order valence-electron chi connectivity index (χ1n) is 5.41. The highest BCUT2D eigenvalue weighted by Crippen LogP contribution is 2.20. The minimum Gasteiger partial charge on any atom is -0.326 e. The molecule has 0 aromatic heterocycles. The molecule has 2 rings (SSSR count). The summed E-state index contributed by atoms with van der Waals surface area (Å²) in [4.78, 5) is 11.7. The van der Waals surface area contributed by atoms with Gasteiger partial charge in [-0.2, -0.15) is 0 Å². The van der Waals surface area contributed by atoms with Gasteiger partial charge in [0.15, 0.2) is 9.84 Å². The van der Waals surface area contributed by atoms with Crippen molar-refractivity contribution >= 4 is 33.0 Å². The van der Waals surface area contributed by atoms with Gasteiger partial charge in [0, 0.05) is 28.5 Å². The van der Waals surface area contributed by atoms with Gasteiger partial charge < -0.3 is 5.32 Å². The van der Waals surface area contributed by atoms with E-state index >= 15 is 0 Å². The van der Waals surface area contributed by atoms with Crippen molar-refractivity contribution in [1.82, 2.24) is 0 Å². The van der Waals surface area contributed by atoms with Crippen LogP contribution in [0, 0.1) is 5.92 Å². The fourth-order valence-electron chi connectivity index (χ4n) is 1.78. The van der Waals surface area contributed by atoms with Gasteiger partial charge in [-0.05, 0) is 18.2 Å². The lowest BCUT2D eigenvalue weighted by Gasteiger charge is -2.08. The monoisotopic (exact) mass is 285 g/mol. The zero-order valence-corrected chi connectivity index (χ0v) is 11.0. The van der Waals surface area contributed by atoms with Gasteiger partial charge in [-0.3, -0.25) is 4.79 Å². The minimum absolute atomic E-state index is 0.00989. The molecule has 0 bridgehead atoms. The number of benzene rings is 1. The van der Waals surface area contributed by atoms with Crippen molar-refractivity contribution in [2.24, 2.45) is 5.92 Å². The maximum absolute atomic E-state index is 11.7. The van der Waals surface area contributed by atoms with E-state index in [1.807, 2.05) is 0 Å². The second kappa shape index (κ2) is 5.12. The zero-order chi connectivity index (χ0) is 13.2. The molecule has 0 fully saturated rings. The Hall–Kier alpha value is -1.33. The van der Waals surface area contributed by atoms with Crippen molar-refractivity contribution in [3.05, 3.63) is 40.8 Å². The Morgan fingerprint density at radius 2 is 2.22 bits per heavy atom. The largest absolute Gasteiger partial charge is 0.326 e. The van der Waals surface area contributed by atoms with E-state index in [1.165, 1.54) is 5.41 Å². The number of nitrogens with one attached hydrogen (secondary N) is 1. The summed E-state index contributed by atoms with van der Waals surface area (Å²) in [6.07, 6.45) is 1.72. The first-order chi connectivity index (χ1) is 8.44. The number of rotatable bonds is 3. The second-order valence-corrected chi connectivity index (χ2v) is 6.55. The summed E-state index contributed by atoms with van der Waals surface area (Å²) in [5, 5.41) is 4.39. The lowest BCUT2D eigenvalue weighted by atomic mass is 10.1. The van der Waals surface area contributed by atoms with Gasteiger partial charge in [-0.1, -0.05) is 23.7 Å². The van der Waals surface area contributed by atoms with Gasteiger partial charge >= 0.3 is 0 Å². The van der Waals surface area contributed by atoms with Crippen molar-refractivity contribution < 1.29 is 13.2 Å². The smallest absolute Gasteiger partial charge is 0.224 e. The van der Waals surface area contributed by atoms with Crippen molar-refractivity contribution in [2.45, 2.75) is 6.42 Å². The summed E-state index contributed by atoms with van der Waals surface area (Å²) in [6.45, 7) is 0. The van der Waals surface area contributed by atoms with Gasteiger partial charge in [0.05, 0.1) is 5.75 Å². The number of anilines is 1. The molecule has 0 saturated heterocycles. The number of carbonyl (C=O) groups is 1. The first-order valence-corrected chi connectivity index (χ1v) is 7.50. The van der Waals surface area contributed by atoms with Crippen LogP contribution in [0.3, 0.4) is 0 Å². The fraction of sp³-hybridized carbons (Fsp3) is 0.250. The van der Waals surface area contributed by atoms with Crippen LogP contribution in [0.1, 0.15) is 6.42 Å². The third-order valence-electron chi connectivity index (χ3n) is 2.56. The van der Waals surface area contributed by atoms with E-state index in [0.717, 1.165) is 0 Å². The van der Waals surface area contributed by atoms with Gasteiger partial charge in [0.25, 0.3) is 0 Å². The molecule has 1 aliphatic rings. The predicted molar refractivity (Wildman–Crippen MR) is 71.1 cm³/mol. The molecule has 1 aromatic carbocycles. The maximum atomic E-state index is 11.7. The predicted octanol–water partition coefficient (Wildman–Crippen LogP) is 2.23. The number of hydrogen-bond acceptors (Lipinski definition) is 3. The Kier molecular flexibility index (Phi) is 3.73. The Bertz CT molecular complexity index is 595. The van der Waals surface area contributed by atoms with Crippen LogP contribution < -0.4 is 5.32 Å². The molecular weight excluding hydrogens is 274 g/mol. The summed E-state index contributed by atoms with van der Waals surface area (Å²) >= 11 is 5.79. The molecular formula is C12H12ClNO3S. The van der Waals surface area contributed by atoms with Crippen LogP contribution in [-0.2, 0) is 14.6 Å². The summed E-state index contributed by atoms with van der Waals surface area (Å²) in [5.41, 5.74) is 0.609. The average molecular weight is 286 g/mol. The zero-order valence-electron chi connectivity index (χ0n) is 9.47. The first kappa shape index (κ1) is 13.1. The van der Waals surface area contributed by atoms with Gasteiger partial charge in [-0.25, -0.2) is 8.42 Å². The Labute approximate surface area is 111 Å². The van der Waals surface area contributed by atoms with Crippen LogP contribution in [0.25, 0.3) is 0 Å². The standard InChI is InChI=1S/C12H12ClNO3S/c13-10-2-1-3-11(7-10)14-12(15)6-9-4-5-18(16,17)8-9/h1-5,7,9H,6,8H2,(H,14,15). The average Bonchev–Trinajstić information content (AvgIpc) is 2.57. The van der Waals surface area contributed by atoms with Crippen molar-refractivity contribution in [1.29, 1.82) is 0 Å². The van der Waals surface area contributed by atoms with Crippen LogP contribution in [0.4, 0.5) is 5.69 Å². The van der Waals surface area contributed by atoms with Crippen LogP contribution in [-0.4, -0.2) is 20.1 Å². The third-order valence-corrected chi connectivity index (χ3v) is 4.26. The van der Waals surface area contributed by atoms with E-state index in [0.29, 0.717) is 10.7 Å². The summed E-state index contributed by atoms with van der Waals surface area (Å²) in [7, 11) is -3.10. The molecule has 1 aromatic rings. The van der Waals surface area contributed by atoms with Gasteiger partial charge in [0.2, 0.25) is 5.91 Å². The van der Waals surface area contributed by atoms with Crippen molar-refractivity contribution in [3.63, 3.8) is 0 Å². The summed E-state index contributed by atoms with van der Waals surface area (Å²) in [6, 6.07) is 6.81. The molecule has 1 N–H and O–H groups in total. The Morgan fingerprint density at radius 3 is 2.83 bits per heavy atom. The summed E-state index contributed by atoms with van der Waals surface area (Å²) in [5.74, 6) is -0.450. The molecule has 1 unspecified atom stereocenters. The molecule has 1 heterocycles. The molecule has 0 radical (unpaired) electrons. The topological polar surface area (TPSA) is 63.2 Å². The third kappa shape index (κ3) is 3.58. The molecule has 6 heteroatoms. The molecule has 1 atom stereocenters. The van der Waals surface area contributed by atoms with Gasteiger partial charge in [-0.15, -0.1) is 0 Å². The molecule has 18 heavy (non-hydrogen) atoms. The number of allylic oxidation sites excluding steroid dienone is 1. The van der Waals surface area contributed by atoms with Gasteiger partial charge in [0.1, 0.15) is 0 Å². The van der Waals surface area contributed by atoms with Crippen molar-refractivity contribution in [3.8, 4) is 0 Å². The molecule has 1 amide bonds. The van der Waals surface area contributed by atoms with Crippen LogP contribution >= 0.6 is 11.6 Å².